The molecule has 1 aliphatic rings. The summed E-state index contributed by atoms with van der Waals surface area (Å²) in [6.45, 7) is -0.791. The second-order valence-electron chi connectivity index (χ2n) is 9.84. The van der Waals surface area contributed by atoms with Gasteiger partial charge >= 0.3 is 6.18 Å². The first kappa shape index (κ1) is 27.9. The average Bonchev–Trinajstić information content (AvgIpc) is 3.60. The van der Waals surface area contributed by atoms with E-state index in [0.29, 0.717) is 22.6 Å². The van der Waals surface area contributed by atoms with Gasteiger partial charge in [0.05, 0.1) is 24.5 Å². The minimum Gasteiger partial charge on any atom is -0.450 e. The largest absolute Gasteiger partial charge is 0.450 e. The molecular weight excluding hydrogens is 585 g/mol. The molecule has 0 spiro atoms. The van der Waals surface area contributed by atoms with Crippen LogP contribution in [0.4, 0.5) is 39.4 Å². The summed E-state index contributed by atoms with van der Waals surface area (Å²) < 4.78 is 78.2. The molecule has 1 fully saturated rings. The molecule has 16 heteroatoms. The number of hydrogen-bond donors (Lipinski definition) is 2. The molecule has 1 aromatic carbocycles. The Morgan fingerprint density at radius 3 is 2.64 bits per heavy atom. The predicted molar refractivity (Wildman–Crippen MR) is 146 cm³/mol. The second-order valence-corrected chi connectivity index (χ2v) is 10.2. The molecule has 10 nitrogen and oxygen atoms in total. The summed E-state index contributed by atoms with van der Waals surface area (Å²) in [6, 6.07) is 3.66. The van der Waals surface area contributed by atoms with E-state index in [4.69, 9.17) is 16.3 Å². The Morgan fingerprint density at radius 1 is 1.12 bits per heavy atom. The van der Waals surface area contributed by atoms with Crippen LogP contribution in [0.25, 0.3) is 16.7 Å². The van der Waals surface area contributed by atoms with Crippen molar-refractivity contribution in [2.45, 2.75) is 25.1 Å². The van der Waals surface area contributed by atoms with Crippen molar-refractivity contribution in [3.63, 3.8) is 0 Å². The van der Waals surface area contributed by atoms with Gasteiger partial charge < -0.3 is 19.9 Å². The van der Waals surface area contributed by atoms with Crippen LogP contribution in [0.15, 0.2) is 43.0 Å². The molecule has 5 heterocycles. The number of ether oxygens (including phenoxy) is 1. The molecule has 42 heavy (non-hydrogen) atoms. The van der Waals surface area contributed by atoms with Crippen LogP contribution in [0, 0.1) is 0 Å². The molecule has 220 valence electrons. The number of aryl methyl sites for hydroxylation is 1. The molecule has 6 rings (SSSR count). The summed E-state index contributed by atoms with van der Waals surface area (Å²) >= 11 is 6.69. The van der Waals surface area contributed by atoms with Gasteiger partial charge in [-0.1, -0.05) is 17.7 Å². The number of hydrogen-bond acceptors (Lipinski definition) is 8. The highest BCUT2D eigenvalue weighted by Crippen LogP contribution is 2.39. The minimum atomic E-state index is -4.69. The van der Waals surface area contributed by atoms with Crippen LogP contribution >= 0.6 is 11.6 Å². The molecule has 0 amide bonds. The van der Waals surface area contributed by atoms with Crippen LogP contribution in [-0.2, 0) is 19.8 Å². The third-order valence-corrected chi connectivity index (χ3v) is 7.34. The minimum absolute atomic E-state index is 0.0224. The molecule has 0 aliphatic carbocycles. The fourth-order valence-electron chi connectivity index (χ4n) is 4.96. The maximum Gasteiger partial charge on any atom is 0.416 e. The molecule has 4 aromatic heterocycles. The standard InChI is InChI=1S/C26H23ClF5N9O/c1-33-22-20-18(11-36-41(20)8-6-34-22)42-17-10-35-23-21(19(17)27)39(2)24(38-23)37-15-4-3-14(16(9-15)26(30,31)32)12-40-7-5-25(28,29)13-40/h3-4,6,8-11H,5,7,12-13H2,1-2H3,(H,33,34)(H,35,37,38). The van der Waals surface area contributed by atoms with E-state index in [1.807, 2.05) is 0 Å². The van der Waals surface area contributed by atoms with Crippen molar-refractivity contribution in [2.24, 2.45) is 7.05 Å². The second kappa shape index (κ2) is 10.2. The summed E-state index contributed by atoms with van der Waals surface area (Å²) in [4.78, 5) is 14.3. The van der Waals surface area contributed by atoms with E-state index < -0.39 is 24.2 Å². The Kier molecular flexibility index (Phi) is 6.80. The maximum absolute atomic E-state index is 14.0. The zero-order valence-corrected chi connectivity index (χ0v) is 22.9. The number of rotatable bonds is 7. The van der Waals surface area contributed by atoms with Crippen LogP contribution in [0.2, 0.25) is 5.02 Å². The molecule has 2 N–H and O–H groups in total. The van der Waals surface area contributed by atoms with Gasteiger partial charge in [0.1, 0.15) is 10.5 Å². The van der Waals surface area contributed by atoms with Crippen molar-refractivity contribution in [1.82, 2.24) is 34.0 Å². The fourth-order valence-corrected chi connectivity index (χ4v) is 5.26. The molecule has 0 radical (unpaired) electrons. The number of aromatic nitrogens is 6. The van der Waals surface area contributed by atoms with Crippen molar-refractivity contribution < 1.29 is 26.7 Å². The third-order valence-electron chi connectivity index (χ3n) is 6.97. The number of halogens is 6. The van der Waals surface area contributed by atoms with Crippen LogP contribution in [0.1, 0.15) is 17.5 Å². The average molecular weight is 608 g/mol. The van der Waals surface area contributed by atoms with Crippen molar-refractivity contribution in [1.29, 1.82) is 0 Å². The Balaban J connectivity index is 1.29. The first-order chi connectivity index (χ1) is 19.9. The van der Waals surface area contributed by atoms with Gasteiger partial charge in [-0.15, -0.1) is 0 Å². The summed E-state index contributed by atoms with van der Waals surface area (Å²) in [6.07, 6.45) is 1.06. The topological polar surface area (TPSA) is 97.4 Å². The molecule has 0 atom stereocenters. The van der Waals surface area contributed by atoms with Crippen LogP contribution in [-0.4, -0.2) is 60.1 Å². The van der Waals surface area contributed by atoms with E-state index in [-0.39, 0.29) is 53.1 Å². The molecular formula is C26H23ClF5N9O. The highest BCUT2D eigenvalue weighted by atomic mass is 35.5. The maximum atomic E-state index is 14.0. The SMILES string of the molecule is CNc1nccn2ncc(Oc3cnc4nc(Nc5ccc(CN6CCC(F)(F)C6)c(C(F)(F)F)c5)n(C)c4c3Cl)c12. The lowest BCUT2D eigenvalue weighted by atomic mass is 10.1. The number of imidazole rings is 1. The number of alkyl halides is 5. The van der Waals surface area contributed by atoms with Crippen molar-refractivity contribution in [2.75, 3.05) is 30.8 Å². The number of anilines is 3. The number of fused-ring (bicyclic) bond motifs is 2. The molecule has 1 aliphatic heterocycles. The van der Waals surface area contributed by atoms with E-state index in [1.54, 1.807) is 35.6 Å². The van der Waals surface area contributed by atoms with E-state index in [1.165, 1.54) is 29.4 Å². The van der Waals surface area contributed by atoms with Crippen LogP contribution in [0.3, 0.4) is 0 Å². The number of nitrogens with one attached hydrogen (secondary N) is 2. The summed E-state index contributed by atoms with van der Waals surface area (Å²) in [5, 5.41) is 10.3. The van der Waals surface area contributed by atoms with Crippen LogP contribution in [0.5, 0.6) is 11.5 Å². The van der Waals surface area contributed by atoms with E-state index in [2.05, 4.69) is 30.7 Å². The molecule has 0 bridgehead atoms. The van der Waals surface area contributed by atoms with Gasteiger partial charge in [-0.25, -0.2) is 23.3 Å². The Hall–Kier alpha value is -4.24. The van der Waals surface area contributed by atoms with E-state index in [9.17, 15) is 22.0 Å². The number of nitrogens with zero attached hydrogens (tertiary/aromatic N) is 7. The highest BCUT2D eigenvalue weighted by Gasteiger charge is 2.40. The van der Waals surface area contributed by atoms with Crippen LogP contribution < -0.4 is 15.4 Å². The monoisotopic (exact) mass is 607 g/mol. The number of pyridine rings is 1. The highest BCUT2D eigenvalue weighted by molar-refractivity contribution is 6.36. The fraction of sp³-hybridized carbons (Fsp3) is 0.308. The third kappa shape index (κ3) is 5.13. The predicted octanol–water partition coefficient (Wildman–Crippen LogP) is 6.10. The van der Waals surface area contributed by atoms with Gasteiger partial charge in [0.15, 0.2) is 28.5 Å². The molecule has 5 aromatic rings. The Morgan fingerprint density at radius 2 is 1.93 bits per heavy atom. The van der Waals surface area contributed by atoms with Gasteiger partial charge in [-0.05, 0) is 17.7 Å². The van der Waals surface area contributed by atoms with Gasteiger partial charge in [0.2, 0.25) is 5.95 Å². The summed E-state index contributed by atoms with van der Waals surface area (Å²) in [7, 11) is 3.34. The number of benzene rings is 1. The Labute approximate surface area is 240 Å². The summed E-state index contributed by atoms with van der Waals surface area (Å²) in [5.41, 5.74) is 0.275. The van der Waals surface area contributed by atoms with Crippen molar-refractivity contribution in [3.05, 3.63) is 59.1 Å². The molecule has 0 saturated carbocycles. The first-order valence-electron chi connectivity index (χ1n) is 12.7. The van der Waals surface area contributed by atoms with E-state index in [0.717, 1.165) is 6.07 Å². The molecule has 0 unspecified atom stereocenters. The lowest BCUT2D eigenvalue weighted by molar-refractivity contribution is -0.138. The van der Waals surface area contributed by atoms with Gasteiger partial charge in [-0.2, -0.15) is 23.3 Å². The number of likely N-dealkylation sites (tertiary alicyclic amines) is 1. The van der Waals surface area contributed by atoms with Crippen molar-refractivity contribution >= 4 is 45.7 Å². The van der Waals surface area contributed by atoms with Gasteiger partial charge in [-0.3, -0.25) is 4.90 Å². The smallest absolute Gasteiger partial charge is 0.416 e. The lowest BCUT2D eigenvalue weighted by Crippen LogP contribution is -2.26. The Bertz CT molecular complexity index is 1800. The zero-order chi connectivity index (χ0) is 29.8. The van der Waals surface area contributed by atoms with Gasteiger partial charge in [0, 0.05) is 51.7 Å². The first-order valence-corrected chi connectivity index (χ1v) is 13.1. The quantitative estimate of drug-likeness (QED) is 0.214. The normalized spacial score (nSPS) is 15.5. The molecule has 1 saturated heterocycles. The van der Waals surface area contributed by atoms with Crippen molar-refractivity contribution in [3.8, 4) is 11.5 Å². The van der Waals surface area contributed by atoms with E-state index >= 15 is 0 Å². The zero-order valence-electron chi connectivity index (χ0n) is 22.2. The van der Waals surface area contributed by atoms with Gasteiger partial charge in [0.25, 0.3) is 5.92 Å². The lowest BCUT2D eigenvalue weighted by Gasteiger charge is -2.20. The summed E-state index contributed by atoms with van der Waals surface area (Å²) in [5.74, 6) is -1.62.